The summed E-state index contributed by atoms with van der Waals surface area (Å²) in [5.41, 5.74) is 0. The molecule has 1 saturated carbocycles. The molecular formula is C12H23NO. The van der Waals surface area contributed by atoms with E-state index in [0.717, 1.165) is 11.8 Å². The summed E-state index contributed by atoms with van der Waals surface area (Å²) in [6.07, 6.45) is 4.97. The third-order valence-corrected chi connectivity index (χ3v) is 3.73. The van der Waals surface area contributed by atoms with Gasteiger partial charge in [-0.3, -0.25) is 4.79 Å². The number of nitrogens with zero attached hydrogens (tertiary/aromatic N) is 1. The Bertz CT molecular complexity index is 192. The molecule has 1 rings (SSSR count). The van der Waals surface area contributed by atoms with Crippen LogP contribution in [0.1, 0.15) is 46.5 Å². The first-order valence-electron chi connectivity index (χ1n) is 5.75. The zero-order valence-corrected chi connectivity index (χ0v) is 9.92. The van der Waals surface area contributed by atoms with Gasteiger partial charge in [0.2, 0.25) is 5.91 Å². The summed E-state index contributed by atoms with van der Waals surface area (Å²) in [4.78, 5) is 13.1. The Morgan fingerprint density at radius 3 is 2.07 bits per heavy atom. The zero-order valence-electron chi connectivity index (χ0n) is 9.92. The molecule has 2 heteroatoms. The minimum atomic E-state index is 0.206. The maximum Gasteiger partial charge on any atom is 0.219 e. The van der Waals surface area contributed by atoms with E-state index < -0.39 is 0 Å². The summed E-state index contributed by atoms with van der Waals surface area (Å²) in [5, 5.41) is 0. The van der Waals surface area contributed by atoms with Gasteiger partial charge < -0.3 is 4.90 Å². The Hall–Kier alpha value is -0.530. The van der Waals surface area contributed by atoms with Crippen LogP contribution in [0.25, 0.3) is 0 Å². The fourth-order valence-electron chi connectivity index (χ4n) is 2.41. The summed E-state index contributed by atoms with van der Waals surface area (Å²) in [6, 6.07) is 0.502. The van der Waals surface area contributed by atoms with Crippen molar-refractivity contribution < 1.29 is 4.79 Å². The third kappa shape index (κ3) is 2.73. The molecule has 0 saturated heterocycles. The molecule has 1 fully saturated rings. The lowest BCUT2D eigenvalue weighted by atomic mass is 9.79. The number of hydrogen-bond donors (Lipinski definition) is 0. The molecule has 0 atom stereocenters. The molecule has 82 valence electrons. The van der Waals surface area contributed by atoms with Crippen molar-refractivity contribution in [1.82, 2.24) is 4.90 Å². The van der Waals surface area contributed by atoms with Crippen LogP contribution < -0.4 is 0 Å². The minimum Gasteiger partial charge on any atom is -0.343 e. The molecule has 1 amide bonds. The van der Waals surface area contributed by atoms with E-state index in [1.165, 1.54) is 25.7 Å². The predicted molar refractivity (Wildman–Crippen MR) is 59.0 cm³/mol. The van der Waals surface area contributed by atoms with Crippen molar-refractivity contribution in [1.29, 1.82) is 0 Å². The van der Waals surface area contributed by atoms with Crippen LogP contribution in [0, 0.1) is 11.8 Å². The van der Waals surface area contributed by atoms with Crippen LogP contribution in [0.3, 0.4) is 0 Å². The van der Waals surface area contributed by atoms with Gasteiger partial charge in [-0.1, -0.05) is 13.8 Å². The molecule has 2 nitrogen and oxygen atoms in total. The van der Waals surface area contributed by atoms with Crippen LogP contribution >= 0.6 is 0 Å². The molecule has 1 aliphatic carbocycles. The van der Waals surface area contributed by atoms with Crippen molar-refractivity contribution in [2.45, 2.75) is 52.5 Å². The van der Waals surface area contributed by atoms with Crippen LogP contribution in [-0.4, -0.2) is 23.9 Å². The first kappa shape index (κ1) is 11.5. The van der Waals surface area contributed by atoms with Gasteiger partial charge >= 0.3 is 0 Å². The maximum absolute atomic E-state index is 11.2. The Morgan fingerprint density at radius 2 is 1.71 bits per heavy atom. The molecule has 0 heterocycles. The molecule has 0 bridgehead atoms. The van der Waals surface area contributed by atoms with Crippen molar-refractivity contribution in [3.63, 3.8) is 0 Å². The number of rotatable bonds is 2. The van der Waals surface area contributed by atoms with E-state index in [0.29, 0.717) is 6.04 Å². The van der Waals surface area contributed by atoms with Gasteiger partial charge in [0.25, 0.3) is 0 Å². The highest BCUT2D eigenvalue weighted by atomic mass is 16.2. The molecule has 1 aliphatic rings. The molecule has 0 aromatic heterocycles. The van der Waals surface area contributed by atoms with Gasteiger partial charge in [-0.2, -0.15) is 0 Å². The number of amides is 1. The highest BCUT2D eigenvalue weighted by Crippen LogP contribution is 2.31. The monoisotopic (exact) mass is 197 g/mol. The minimum absolute atomic E-state index is 0.206. The maximum atomic E-state index is 11.2. The zero-order chi connectivity index (χ0) is 10.7. The third-order valence-electron chi connectivity index (χ3n) is 3.73. The van der Waals surface area contributed by atoms with Crippen LogP contribution in [0.15, 0.2) is 0 Å². The Labute approximate surface area is 87.7 Å². The molecular weight excluding hydrogens is 174 g/mol. The molecule has 0 aliphatic heterocycles. The predicted octanol–water partition coefficient (Wildman–Crippen LogP) is 2.68. The van der Waals surface area contributed by atoms with Crippen molar-refractivity contribution >= 4 is 5.91 Å². The van der Waals surface area contributed by atoms with Crippen molar-refractivity contribution in [3.8, 4) is 0 Å². The Morgan fingerprint density at radius 1 is 1.21 bits per heavy atom. The second-order valence-corrected chi connectivity index (χ2v) is 4.94. The van der Waals surface area contributed by atoms with Crippen LogP contribution in [0.5, 0.6) is 0 Å². The lowest BCUT2D eigenvalue weighted by Gasteiger charge is -2.35. The molecule has 0 spiro atoms. The van der Waals surface area contributed by atoms with Gasteiger partial charge in [-0.05, 0) is 37.5 Å². The first-order chi connectivity index (χ1) is 6.52. The van der Waals surface area contributed by atoms with Gasteiger partial charge in [0.1, 0.15) is 0 Å². The lowest BCUT2D eigenvalue weighted by Crippen LogP contribution is -2.38. The van der Waals surface area contributed by atoms with E-state index >= 15 is 0 Å². The quantitative estimate of drug-likeness (QED) is 0.666. The average molecular weight is 197 g/mol. The summed E-state index contributed by atoms with van der Waals surface area (Å²) >= 11 is 0. The van der Waals surface area contributed by atoms with Gasteiger partial charge in [-0.25, -0.2) is 0 Å². The van der Waals surface area contributed by atoms with E-state index in [2.05, 4.69) is 13.8 Å². The van der Waals surface area contributed by atoms with E-state index in [1.807, 2.05) is 11.9 Å². The molecule has 0 N–H and O–H groups in total. The second-order valence-electron chi connectivity index (χ2n) is 4.94. The van der Waals surface area contributed by atoms with E-state index in [-0.39, 0.29) is 5.91 Å². The Kier molecular flexibility index (Phi) is 3.97. The first-order valence-corrected chi connectivity index (χ1v) is 5.75. The van der Waals surface area contributed by atoms with E-state index in [4.69, 9.17) is 0 Å². The van der Waals surface area contributed by atoms with Gasteiger partial charge in [-0.15, -0.1) is 0 Å². The largest absolute Gasteiger partial charge is 0.343 e. The van der Waals surface area contributed by atoms with Crippen LogP contribution in [0.4, 0.5) is 0 Å². The summed E-state index contributed by atoms with van der Waals surface area (Å²) < 4.78 is 0. The van der Waals surface area contributed by atoms with Gasteiger partial charge in [0, 0.05) is 20.0 Å². The lowest BCUT2D eigenvalue weighted by molar-refractivity contribution is -0.130. The SMILES string of the molecule is CC(=O)N(C)C1CCC(C(C)C)CC1. The van der Waals surface area contributed by atoms with Gasteiger partial charge in [0.05, 0.1) is 0 Å². The van der Waals surface area contributed by atoms with Crippen molar-refractivity contribution in [3.05, 3.63) is 0 Å². The van der Waals surface area contributed by atoms with Crippen LogP contribution in [0.2, 0.25) is 0 Å². The Balaban J connectivity index is 2.39. The number of carbonyl (C=O) groups is 1. The summed E-state index contributed by atoms with van der Waals surface area (Å²) in [5.74, 6) is 1.89. The smallest absolute Gasteiger partial charge is 0.219 e. The molecule has 0 aromatic rings. The fraction of sp³-hybridized carbons (Fsp3) is 0.917. The average Bonchev–Trinajstić information content (AvgIpc) is 2.16. The van der Waals surface area contributed by atoms with Crippen molar-refractivity contribution in [2.24, 2.45) is 11.8 Å². The molecule has 0 unspecified atom stereocenters. The fourth-order valence-corrected chi connectivity index (χ4v) is 2.41. The summed E-state index contributed by atoms with van der Waals surface area (Å²) in [7, 11) is 1.93. The standard InChI is InChI=1S/C12H23NO/c1-9(2)11-5-7-12(8-6-11)13(4)10(3)14/h9,11-12H,5-8H2,1-4H3. The highest BCUT2D eigenvalue weighted by Gasteiger charge is 2.26. The topological polar surface area (TPSA) is 20.3 Å². The van der Waals surface area contributed by atoms with Crippen molar-refractivity contribution in [2.75, 3.05) is 7.05 Å². The number of carbonyl (C=O) groups excluding carboxylic acids is 1. The summed E-state index contributed by atoms with van der Waals surface area (Å²) in [6.45, 7) is 6.27. The van der Waals surface area contributed by atoms with Crippen LogP contribution in [-0.2, 0) is 4.79 Å². The second kappa shape index (κ2) is 4.81. The molecule has 0 radical (unpaired) electrons. The van der Waals surface area contributed by atoms with E-state index in [9.17, 15) is 4.79 Å². The van der Waals surface area contributed by atoms with Gasteiger partial charge in [0.15, 0.2) is 0 Å². The highest BCUT2D eigenvalue weighted by molar-refractivity contribution is 5.73. The molecule has 0 aromatic carbocycles. The number of hydrogen-bond acceptors (Lipinski definition) is 1. The van der Waals surface area contributed by atoms with E-state index in [1.54, 1.807) is 6.92 Å². The normalized spacial score (nSPS) is 27.8. The molecule has 14 heavy (non-hydrogen) atoms.